The van der Waals surface area contributed by atoms with Gasteiger partial charge in [-0.25, -0.2) is 4.39 Å². The maximum absolute atomic E-state index is 13.6. The smallest absolute Gasteiger partial charge is 0.254 e. The fourth-order valence-electron chi connectivity index (χ4n) is 2.27. The molecule has 4 nitrogen and oxygen atoms in total. The van der Waals surface area contributed by atoms with Crippen molar-refractivity contribution in [1.29, 1.82) is 5.26 Å². The Morgan fingerprint density at radius 1 is 1.35 bits per heavy atom. The van der Waals surface area contributed by atoms with Gasteiger partial charge in [0.2, 0.25) is 0 Å². The van der Waals surface area contributed by atoms with Crippen molar-refractivity contribution < 1.29 is 13.6 Å². The molecule has 1 amide bonds. The summed E-state index contributed by atoms with van der Waals surface area (Å²) >= 11 is 0. The van der Waals surface area contributed by atoms with Crippen LogP contribution in [0, 0.1) is 23.1 Å². The van der Waals surface area contributed by atoms with E-state index in [2.05, 4.69) is 0 Å². The zero-order valence-corrected chi connectivity index (χ0v) is 13.4. The highest BCUT2D eigenvalue weighted by molar-refractivity contribution is 5.94. The minimum absolute atomic E-state index is 0.0681. The number of hydrogen-bond donors (Lipinski definition) is 0. The Balaban J connectivity index is 2.36. The predicted octanol–water partition coefficient (Wildman–Crippen LogP) is 3.98. The number of carbonyl (C=O) groups excluding carboxylic acids is 1. The average molecular weight is 314 g/mol. The predicted molar refractivity (Wildman–Crippen MR) is 84.0 cm³/mol. The topological polar surface area (TPSA) is 57.2 Å². The summed E-state index contributed by atoms with van der Waals surface area (Å²) in [4.78, 5) is 14.5. The molecule has 0 saturated heterocycles. The number of rotatable bonds is 5. The Hall–Kier alpha value is -2.61. The van der Waals surface area contributed by atoms with Gasteiger partial charge in [0.05, 0.1) is 24.4 Å². The first kappa shape index (κ1) is 16.8. The van der Waals surface area contributed by atoms with Crippen LogP contribution in [0.4, 0.5) is 4.39 Å². The molecule has 0 unspecified atom stereocenters. The van der Waals surface area contributed by atoms with E-state index in [0.29, 0.717) is 12.3 Å². The van der Waals surface area contributed by atoms with Crippen molar-refractivity contribution in [3.05, 3.63) is 59.3 Å². The van der Waals surface area contributed by atoms with Gasteiger partial charge in [0, 0.05) is 11.6 Å². The van der Waals surface area contributed by atoms with Gasteiger partial charge in [-0.1, -0.05) is 13.8 Å². The third-order valence-corrected chi connectivity index (χ3v) is 3.90. The van der Waals surface area contributed by atoms with Crippen molar-refractivity contribution in [2.45, 2.75) is 33.4 Å². The lowest BCUT2D eigenvalue weighted by atomic mass is 10.0. The zero-order chi connectivity index (χ0) is 17.0. The molecule has 0 aliphatic carbocycles. The molecular weight excluding hydrogens is 295 g/mol. The third kappa shape index (κ3) is 3.98. The van der Waals surface area contributed by atoms with Crippen LogP contribution in [0.5, 0.6) is 0 Å². The van der Waals surface area contributed by atoms with Crippen molar-refractivity contribution in [3.8, 4) is 6.07 Å². The third-order valence-electron chi connectivity index (χ3n) is 3.90. The number of amides is 1. The normalized spacial score (nSPS) is 12.0. The van der Waals surface area contributed by atoms with Crippen LogP contribution < -0.4 is 0 Å². The van der Waals surface area contributed by atoms with E-state index >= 15 is 0 Å². The van der Waals surface area contributed by atoms with E-state index in [0.717, 1.165) is 12.1 Å². The Kier molecular flexibility index (Phi) is 5.17. The van der Waals surface area contributed by atoms with Crippen LogP contribution in [-0.4, -0.2) is 16.8 Å². The maximum atomic E-state index is 13.6. The second-order valence-corrected chi connectivity index (χ2v) is 5.84. The molecule has 0 radical (unpaired) electrons. The number of nitriles is 1. The van der Waals surface area contributed by atoms with Gasteiger partial charge >= 0.3 is 0 Å². The fourth-order valence-corrected chi connectivity index (χ4v) is 2.27. The first-order valence-corrected chi connectivity index (χ1v) is 7.46. The van der Waals surface area contributed by atoms with E-state index in [1.807, 2.05) is 26.8 Å². The van der Waals surface area contributed by atoms with E-state index in [1.54, 1.807) is 23.3 Å². The number of hydrogen-bond acceptors (Lipinski definition) is 3. The first-order valence-electron chi connectivity index (χ1n) is 7.46. The van der Waals surface area contributed by atoms with Gasteiger partial charge in [0.1, 0.15) is 11.6 Å². The number of carbonyl (C=O) groups is 1. The highest BCUT2D eigenvalue weighted by Gasteiger charge is 2.25. The quantitative estimate of drug-likeness (QED) is 0.839. The molecule has 5 heteroatoms. The number of nitrogens with zero attached hydrogens (tertiary/aromatic N) is 2. The van der Waals surface area contributed by atoms with Gasteiger partial charge in [0.25, 0.3) is 5.91 Å². The fraction of sp³-hybridized carbons (Fsp3) is 0.333. The second kappa shape index (κ2) is 7.10. The van der Waals surface area contributed by atoms with Gasteiger partial charge in [-0.3, -0.25) is 4.79 Å². The van der Waals surface area contributed by atoms with Crippen LogP contribution in [0.3, 0.4) is 0 Å². The molecular formula is C18H19FN2O2. The van der Waals surface area contributed by atoms with Crippen molar-refractivity contribution in [2.75, 3.05) is 0 Å². The maximum Gasteiger partial charge on any atom is 0.254 e. The van der Waals surface area contributed by atoms with Gasteiger partial charge < -0.3 is 9.32 Å². The largest absolute Gasteiger partial charge is 0.467 e. The van der Waals surface area contributed by atoms with E-state index in [4.69, 9.17) is 9.68 Å². The summed E-state index contributed by atoms with van der Waals surface area (Å²) in [5.41, 5.74) is 0.295. The van der Waals surface area contributed by atoms with Crippen LogP contribution in [0.25, 0.3) is 0 Å². The van der Waals surface area contributed by atoms with Crippen LogP contribution in [-0.2, 0) is 6.54 Å². The summed E-state index contributed by atoms with van der Waals surface area (Å²) in [5, 5.41) is 8.96. The van der Waals surface area contributed by atoms with Crippen molar-refractivity contribution in [1.82, 2.24) is 4.90 Å². The van der Waals surface area contributed by atoms with Crippen LogP contribution in [0.1, 0.15) is 42.5 Å². The number of furan rings is 1. The summed E-state index contributed by atoms with van der Waals surface area (Å²) in [6, 6.07) is 9.03. The molecule has 0 bridgehead atoms. The van der Waals surface area contributed by atoms with Crippen LogP contribution in [0.2, 0.25) is 0 Å². The SMILES string of the molecule is CC(C)[C@H](C)N(Cc1ccco1)C(=O)c1cc(F)cc(C#N)c1. The molecule has 2 aromatic rings. The van der Waals surface area contributed by atoms with Gasteiger partial charge in [-0.2, -0.15) is 5.26 Å². The van der Waals surface area contributed by atoms with Gasteiger partial charge in [-0.15, -0.1) is 0 Å². The highest BCUT2D eigenvalue weighted by Crippen LogP contribution is 2.19. The Morgan fingerprint density at radius 3 is 2.65 bits per heavy atom. The van der Waals surface area contributed by atoms with Crippen molar-refractivity contribution in [2.24, 2.45) is 5.92 Å². The van der Waals surface area contributed by atoms with E-state index in [1.165, 1.54) is 6.07 Å². The summed E-state index contributed by atoms with van der Waals surface area (Å²) in [7, 11) is 0. The molecule has 1 aromatic carbocycles. The molecule has 0 aliphatic heterocycles. The van der Waals surface area contributed by atoms with E-state index in [9.17, 15) is 9.18 Å². The number of halogens is 1. The lowest BCUT2D eigenvalue weighted by molar-refractivity contribution is 0.0610. The van der Waals surface area contributed by atoms with Crippen molar-refractivity contribution in [3.63, 3.8) is 0 Å². The molecule has 1 heterocycles. The summed E-state index contributed by atoms with van der Waals surface area (Å²) in [6.45, 7) is 6.26. The molecule has 23 heavy (non-hydrogen) atoms. The Morgan fingerprint density at radius 2 is 2.09 bits per heavy atom. The summed E-state index contributed by atoms with van der Waals surface area (Å²) in [6.07, 6.45) is 1.55. The first-order chi connectivity index (χ1) is 10.9. The summed E-state index contributed by atoms with van der Waals surface area (Å²) in [5.74, 6) is -0.0400. The van der Waals surface area contributed by atoms with Gasteiger partial charge in [0.15, 0.2) is 0 Å². The monoisotopic (exact) mass is 314 g/mol. The van der Waals surface area contributed by atoms with E-state index < -0.39 is 5.82 Å². The zero-order valence-electron chi connectivity index (χ0n) is 13.4. The number of benzene rings is 1. The molecule has 1 atom stereocenters. The molecule has 120 valence electrons. The molecule has 0 N–H and O–H groups in total. The lowest BCUT2D eigenvalue weighted by Crippen LogP contribution is -2.41. The molecule has 0 saturated carbocycles. The van der Waals surface area contributed by atoms with E-state index in [-0.39, 0.29) is 29.0 Å². The van der Waals surface area contributed by atoms with Gasteiger partial charge in [-0.05, 0) is 43.2 Å². The summed E-state index contributed by atoms with van der Waals surface area (Å²) < 4.78 is 19.0. The molecule has 0 fully saturated rings. The average Bonchev–Trinajstić information content (AvgIpc) is 3.03. The standard InChI is InChI=1S/C18H19FN2O2/c1-12(2)13(3)21(11-17-5-4-6-23-17)18(22)15-7-14(10-20)8-16(19)9-15/h4-9,12-13H,11H2,1-3H3/t13-/m0/s1. The second-order valence-electron chi connectivity index (χ2n) is 5.84. The minimum Gasteiger partial charge on any atom is -0.467 e. The van der Waals surface area contributed by atoms with Crippen molar-refractivity contribution >= 4 is 5.91 Å². The minimum atomic E-state index is -0.595. The lowest BCUT2D eigenvalue weighted by Gasteiger charge is -2.31. The highest BCUT2D eigenvalue weighted by atomic mass is 19.1. The van der Waals surface area contributed by atoms with Crippen LogP contribution >= 0.6 is 0 Å². The Bertz CT molecular complexity index is 717. The molecule has 1 aromatic heterocycles. The Labute approximate surface area is 135 Å². The molecule has 2 rings (SSSR count). The van der Waals surface area contributed by atoms with Crippen LogP contribution in [0.15, 0.2) is 41.0 Å². The molecule has 0 spiro atoms. The molecule has 0 aliphatic rings.